The summed E-state index contributed by atoms with van der Waals surface area (Å²) in [5.74, 6) is -0.0678. The Morgan fingerprint density at radius 1 is 1.07 bits per heavy atom. The molecular formula is C18H11ClFN3O3S2. The third-order valence-corrected chi connectivity index (χ3v) is 6.73. The summed E-state index contributed by atoms with van der Waals surface area (Å²) in [6.07, 6.45) is 0. The van der Waals surface area contributed by atoms with E-state index in [1.165, 1.54) is 30.3 Å². The number of anilines is 1. The van der Waals surface area contributed by atoms with Gasteiger partial charge in [0, 0.05) is 16.0 Å². The van der Waals surface area contributed by atoms with E-state index in [4.69, 9.17) is 16.1 Å². The van der Waals surface area contributed by atoms with Gasteiger partial charge < -0.3 is 4.52 Å². The minimum Gasteiger partial charge on any atom is -0.334 e. The fraction of sp³-hybridized carbons (Fsp3) is 0. The normalized spacial score (nSPS) is 11.5. The number of nitrogens with zero attached hydrogens (tertiary/aromatic N) is 2. The highest BCUT2D eigenvalue weighted by Gasteiger charge is 2.20. The molecule has 0 atom stereocenters. The molecule has 0 saturated carbocycles. The van der Waals surface area contributed by atoms with Gasteiger partial charge in [-0.25, -0.2) is 12.8 Å². The van der Waals surface area contributed by atoms with Crippen LogP contribution in [0.5, 0.6) is 0 Å². The molecule has 0 amide bonds. The van der Waals surface area contributed by atoms with E-state index in [9.17, 15) is 12.8 Å². The van der Waals surface area contributed by atoms with Crippen molar-refractivity contribution in [2.24, 2.45) is 0 Å². The van der Waals surface area contributed by atoms with Crippen LogP contribution in [0.4, 0.5) is 10.1 Å². The molecule has 0 spiro atoms. The number of halogens is 2. The van der Waals surface area contributed by atoms with Crippen molar-refractivity contribution >= 4 is 38.6 Å². The Kier molecular flexibility index (Phi) is 4.88. The topological polar surface area (TPSA) is 85.1 Å². The zero-order valence-electron chi connectivity index (χ0n) is 14.0. The number of benzene rings is 2. The Bertz CT molecular complexity index is 1250. The lowest BCUT2D eigenvalue weighted by Gasteiger charge is -2.05. The highest BCUT2D eigenvalue weighted by atomic mass is 35.5. The molecule has 10 heteroatoms. The van der Waals surface area contributed by atoms with Crippen molar-refractivity contribution in [3.63, 3.8) is 0 Å². The third kappa shape index (κ3) is 3.91. The summed E-state index contributed by atoms with van der Waals surface area (Å²) >= 11 is 6.89. The summed E-state index contributed by atoms with van der Waals surface area (Å²) in [6, 6.07) is 13.6. The predicted octanol–water partition coefficient (Wildman–Crippen LogP) is 5.06. The summed E-state index contributed by atoms with van der Waals surface area (Å²) in [5.41, 5.74) is 1.26. The Labute approximate surface area is 168 Å². The van der Waals surface area contributed by atoms with Gasteiger partial charge in [-0.1, -0.05) is 35.0 Å². The molecule has 0 aliphatic carbocycles. The quantitative estimate of drug-likeness (QED) is 0.473. The van der Waals surface area contributed by atoms with Crippen LogP contribution in [-0.4, -0.2) is 18.6 Å². The molecule has 0 radical (unpaired) electrons. The number of aromatic nitrogens is 2. The fourth-order valence-corrected chi connectivity index (χ4v) is 4.81. The van der Waals surface area contributed by atoms with Crippen LogP contribution in [0.3, 0.4) is 0 Å². The van der Waals surface area contributed by atoms with Gasteiger partial charge in [0.15, 0.2) is 0 Å². The van der Waals surface area contributed by atoms with E-state index in [0.29, 0.717) is 21.8 Å². The van der Waals surface area contributed by atoms with Gasteiger partial charge in [-0.05, 0) is 36.4 Å². The van der Waals surface area contributed by atoms with Crippen LogP contribution in [0.15, 0.2) is 68.7 Å². The lowest BCUT2D eigenvalue weighted by Crippen LogP contribution is -2.11. The molecule has 0 aliphatic rings. The molecule has 4 aromatic rings. The summed E-state index contributed by atoms with van der Waals surface area (Å²) in [4.78, 5) is 4.21. The summed E-state index contributed by atoms with van der Waals surface area (Å²) in [5, 5.41) is 5.84. The van der Waals surface area contributed by atoms with Gasteiger partial charge in [-0.2, -0.15) is 4.98 Å². The Morgan fingerprint density at radius 2 is 1.89 bits per heavy atom. The number of nitrogens with one attached hydrogen (secondary N) is 1. The molecule has 1 N–H and O–H groups in total. The first kappa shape index (κ1) is 18.6. The van der Waals surface area contributed by atoms with E-state index in [1.54, 1.807) is 29.6 Å². The first-order chi connectivity index (χ1) is 13.4. The second-order valence-corrected chi connectivity index (χ2v) is 8.96. The van der Waals surface area contributed by atoms with Gasteiger partial charge >= 0.3 is 0 Å². The highest BCUT2D eigenvalue weighted by molar-refractivity contribution is 7.94. The van der Waals surface area contributed by atoms with Crippen LogP contribution in [0.1, 0.15) is 0 Å². The van der Waals surface area contributed by atoms with E-state index in [1.807, 2.05) is 0 Å². The van der Waals surface area contributed by atoms with E-state index in [0.717, 1.165) is 11.3 Å². The van der Waals surface area contributed by atoms with Crippen molar-refractivity contribution in [2.75, 3.05) is 4.72 Å². The van der Waals surface area contributed by atoms with Crippen molar-refractivity contribution in [2.45, 2.75) is 4.21 Å². The molecule has 0 fully saturated rings. The zero-order chi connectivity index (χ0) is 19.7. The SMILES string of the molecule is O=S(=O)(Nc1cccc(Cl)c1)c1cc(-c2nc(-c3cccc(F)c3)no2)cs1. The molecule has 0 saturated heterocycles. The maximum atomic E-state index is 13.4. The third-order valence-electron chi connectivity index (χ3n) is 3.67. The van der Waals surface area contributed by atoms with Gasteiger partial charge in [0.2, 0.25) is 5.82 Å². The van der Waals surface area contributed by atoms with Crippen molar-refractivity contribution in [3.8, 4) is 22.8 Å². The van der Waals surface area contributed by atoms with Gasteiger partial charge in [-0.3, -0.25) is 4.72 Å². The van der Waals surface area contributed by atoms with E-state index >= 15 is 0 Å². The molecule has 0 unspecified atom stereocenters. The van der Waals surface area contributed by atoms with Gasteiger partial charge in [0.05, 0.1) is 11.3 Å². The molecule has 0 aliphatic heterocycles. The molecule has 4 rings (SSSR count). The van der Waals surface area contributed by atoms with Crippen LogP contribution in [0, 0.1) is 5.82 Å². The number of hydrogen-bond acceptors (Lipinski definition) is 6. The van der Waals surface area contributed by atoms with E-state index in [2.05, 4.69) is 14.9 Å². The molecule has 142 valence electrons. The Hall–Kier alpha value is -2.75. The van der Waals surface area contributed by atoms with Crippen LogP contribution in [0.2, 0.25) is 5.02 Å². The predicted molar refractivity (Wildman–Crippen MR) is 105 cm³/mol. The van der Waals surface area contributed by atoms with E-state index in [-0.39, 0.29) is 15.9 Å². The van der Waals surface area contributed by atoms with Crippen LogP contribution < -0.4 is 4.72 Å². The molecule has 2 aromatic heterocycles. The summed E-state index contributed by atoms with van der Waals surface area (Å²) < 4.78 is 46.2. The van der Waals surface area contributed by atoms with Crippen LogP contribution in [0.25, 0.3) is 22.8 Å². The number of hydrogen-bond donors (Lipinski definition) is 1. The average Bonchev–Trinajstić information content (AvgIpc) is 3.31. The molecule has 2 aromatic carbocycles. The molecular weight excluding hydrogens is 425 g/mol. The van der Waals surface area contributed by atoms with Gasteiger partial charge in [0.25, 0.3) is 15.9 Å². The number of sulfonamides is 1. The minimum absolute atomic E-state index is 0.0768. The molecule has 2 heterocycles. The van der Waals surface area contributed by atoms with Crippen molar-refractivity contribution in [1.82, 2.24) is 10.1 Å². The van der Waals surface area contributed by atoms with Crippen molar-refractivity contribution in [3.05, 3.63) is 70.8 Å². The van der Waals surface area contributed by atoms with Crippen LogP contribution >= 0.6 is 22.9 Å². The zero-order valence-corrected chi connectivity index (χ0v) is 16.4. The lowest BCUT2D eigenvalue weighted by atomic mass is 10.2. The smallest absolute Gasteiger partial charge is 0.271 e. The van der Waals surface area contributed by atoms with Gasteiger partial charge in [0.1, 0.15) is 10.0 Å². The lowest BCUT2D eigenvalue weighted by molar-refractivity contribution is 0.432. The van der Waals surface area contributed by atoms with E-state index < -0.39 is 15.8 Å². The number of rotatable bonds is 5. The minimum atomic E-state index is -3.80. The molecule has 28 heavy (non-hydrogen) atoms. The van der Waals surface area contributed by atoms with Crippen molar-refractivity contribution in [1.29, 1.82) is 0 Å². The Morgan fingerprint density at radius 3 is 2.68 bits per heavy atom. The second-order valence-electron chi connectivity index (χ2n) is 5.70. The first-order valence-electron chi connectivity index (χ1n) is 7.88. The van der Waals surface area contributed by atoms with Crippen LogP contribution in [-0.2, 0) is 10.0 Å². The maximum absolute atomic E-state index is 13.4. The molecule has 6 nitrogen and oxygen atoms in total. The second kappa shape index (κ2) is 7.34. The summed E-state index contributed by atoms with van der Waals surface area (Å²) in [7, 11) is -3.80. The number of thiophene rings is 1. The fourth-order valence-electron chi connectivity index (χ4n) is 2.41. The van der Waals surface area contributed by atoms with Crippen molar-refractivity contribution < 1.29 is 17.3 Å². The average molecular weight is 436 g/mol. The standard InChI is InChI=1S/C18H11ClFN3O3S2/c19-13-4-2-6-15(9-13)23-28(24,25)16-8-12(10-27-16)18-21-17(22-26-18)11-3-1-5-14(20)7-11/h1-10,23H. The molecule has 0 bridgehead atoms. The summed E-state index contributed by atoms with van der Waals surface area (Å²) in [6.45, 7) is 0. The monoisotopic (exact) mass is 435 g/mol. The maximum Gasteiger partial charge on any atom is 0.271 e. The Balaban J connectivity index is 1.59. The van der Waals surface area contributed by atoms with Gasteiger partial charge in [-0.15, -0.1) is 11.3 Å². The first-order valence-corrected chi connectivity index (χ1v) is 10.6. The highest BCUT2D eigenvalue weighted by Crippen LogP contribution is 2.30. The largest absolute Gasteiger partial charge is 0.334 e.